The molecule has 6 rings (SSSR count). The summed E-state index contributed by atoms with van der Waals surface area (Å²) < 4.78 is 41.7. The van der Waals surface area contributed by atoms with E-state index in [1.165, 1.54) is 12.1 Å². The zero-order chi connectivity index (χ0) is 31.2. The van der Waals surface area contributed by atoms with Gasteiger partial charge in [0.25, 0.3) is 15.9 Å². The standard InChI is InChI=1S/C33H37N5O5S/c1-20-8-6-9-21(2)30(20)28-16-29-35-32(34-28)37-44(40,41)26-11-7-10-23(14-26)31(39)38(24(19-42-29)17-33(3,4)5)18-25-15-27(36-43-25)22-12-13-22/h6-11,14-16,22,24H,12-13,17-19H2,1-5H3,(H,34,35,37)/t24-/m1/s1. The molecule has 4 aromatic rings. The molecular formula is C33H37N5O5S. The average Bonchev–Trinajstić information content (AvgIpc) is 3.70. The van der Waals surface area contributed by atoms with Gasteiger partial charge in [0, 0.05) is 29.2 Å². The predicted octanol–water partition coefficient (Wildman–Crippen LogP) is 6.27. The van der Waals surface area contributed by atoms with Crippen molar-refractivity contribution in [3.05, 3.63) is 82.7 Å². The van der Waals surface area contributed by atoms with E-state index in [0.29, 0.717) is 23.8 Å². The van der Waals surface area contributed by atoms with Gasteiger partial charge in [0.15, 0.2) is 5.76 Å². The number of aryl methyl sites for hydroxylation is 2. The Kier molecular flexibility index (Phi) is 7.69. The first kappa shape index (κ1) is 29.8. The number of sulfonamides is 1. The maximum Gasteiger partial charge on any atom is 0.264 e. The molecule has 1 aliphatic carbocycles. The van der Waals surface area contributed by atoms with Crippen LogP contribution in [-0.2, 0) is 16.6 Å². The van der Waals surface area contributed by atoms with E-state index in [1.54, 1.807) is 23.1 Å². The Bertz CT molecular complexity index is 1800. The number of hydrogen-bond donors (Lipinski definition) is 1. The molecule has 1 amide bonds. The van der Waals surface area contributed by atoms with E-state index in [0.717, 1.165) is 35.2 Å². The molecule has 1 saturated carbocycles. The van der Waals surface area contributed by atoms with Crippen molar-refractivity contribution in [2.45, 2.75) is 77.3 Å². The molecule has 2 aromatic heterocycles. The molecule has 0 unspecified atom stereocenters. The summed E-state index contributed by atoms with van der Waals surface area (Å²) in [6, 6.07) is 15.1. The zero-order valence-corrected chi connectivity index (χ0v) is 26.4. The van der Waals surface area contributed by atoms with Crippen LogP contribution in [0, 0.1) is 19.3 Å². The molecule has 44 heavy (non-hydrogen) atoms. The van der Waals surface area contributed by atoms with E-state index >= 15 is 0 Å². The molecule has 11 heteroatoms. The fourth-order valence-electron chi connectivity index (χ4n) is 5.69. The summed E-state index contributed by atoms with van der Waals surface area (Å²) in [6.07, 6.45) is 2.75. The highest BCUT2D eigenvalue weighted by Crippen LogP contribution is 2.40. The van der Waals surface area contributed by atoms with Crippen molar-refractivity contribution in [3.63, 3.8) is 0 Å². The summed E-state index contributed by atoms with van der Waals surface area (Å²) in [5.41, 5.74) is 4.31. The van der Waals surface area contributed by atoms with Gasteiger partial charge in [-0.15, -0.1) is 0 Å². The minimum atomic E-state index is -4.15. The Morgan fingerprint density at radius 2 is 1.73 bits per heavy atom. The number of amides is 1. The SMILES string of the molecule is Cc1cccc(C)c1-c1cc2nc(n1)NS(=O)(=O)c1cccc(c1)C(=O)N(Cc1cc(C3CC3)no1)[C@H](CC(C)(C)C)CO2. The van der Waals surface area contributed by atoms with Crippen LogP contribution in [0.4, 0.5) is 5.95 Å². The molecule has 10 nitrogen and oxygen atoms in total. The molecule has 1 N–H and O–H groups in total. The normalized spacial score (nSPS) is 18.4. The molecule has 0 spiro atoms. The molecule has 230 valence electrons. The highest BCUT2D eigenvalue weighted by Gasteiger charge is 2.33. The lowest BCUT2D eigenvalue weighted by Crippen LogP contribution is -2.45. The number of aromatic nitrogens is 3. The van der Waals surface area contributed by atoms with Gasteiger partial charge in [-0.1, -0.05) is 50.2 Å². The third kappa shape index (κ3) is 6.47. The zero-order valence-electron chi connectivity index (χ0n) is 25.6. The summed E-state index contributed by atoms with van der Waals surface area (Å²) in [7, 11) is -4.15. The molecule has 0 saturated heterocycles. The lowest BCUT2D eigenvalue weighted by atomic mass is 9.87. The van der Waals surface area contributed by atoms with Crippen molar-refractivity contribution in [3.8, 4) is 17.1 Å². The van der Waals surface area contributed by atoms with Crippen molar-refractivity contribution >= 4 is 21.9 Å². The van der Waals surface area contributed by atoms with Gasteiger partial charge < -0.3 is 14.2 Å². The van der Waals surface area contributed by atoms with Crippen LogP contribution in [0.2, 0.25) is 0 Å². The number of ether oxygens (including phenoxy) is 1. The van der Waals surface area contributed by atoms with Gasteiger partial charge in [0.2, 0.25) is 11.8 Å². The molecule has 2 aromatic carbocycles. The number of fused-ring (bicyclic) bond motifs is 4. The predicted molar refractivity (Wildman–Crippen MR) is 166 cm³/mol. The molecule has 1 fully saturated rings. The van der Waals surface area contributed by atoms with E-state index in [4.69, 9.17) is 9.26 Å². The van der Waals surface area contributed by atoms with Gasteiger partial charge in [0.05, 0.1) is 28.9 Å². The molecule has 2 aliphatic rings. The molecule has 4 bridgehead atoms. The van der Waals surface area contributed by atoms with E-state index in [1.807, 2.05) is 38.1 Å². The Balaban J connectivity index is 1.48. The van der Waals surface area contributed by atoms with Gasteiger partial charge in [-0.3, -0.25) is 4.79 Å². The highest BCUT2D eigenvalue weighted by molar-refractivity contribution is 7.92. The number of hydrogen-bond acceptors (Lipinski definition) is 8. The topological polar surface area (TPSA) is 128 Å². The molecule has 3 heterocycles. The van der Waals surface area contributed by atoms with Crippen LogP contribution in [0.3, 0.4) is 0 Å². The van der Waals surface area contributed by atoms with Crippen LogP contribution >= 0.6 is 0 Å². The number of anilines is 1. The number of nitrogens with one attached hydrogen (secondary N) is 1. The van der Waals surface area contributed by atoms with E-state index in [2.05, 4.69) is 40.6 Å². The second-order valence-electron chi connectivity index (χ2n) is 13.0. The van der Waals surface area contributed by atoms with Gasteiger partial charge >= 0.3 is 0 Å². The fourth-order valence-corrected chi connectivity index (χ4v) is 6.68. The van der Waals surface area contributed by atoms with E-state index in [9.17, 15) is 13.2 Å². The average molecular weight is 616 g/mol. The molecular weight excluding hydrogens is 578 g/mol. The summed E-state index contributed by atoms with van der Waals surface area (Å²) in [4.78, 5) is 24.9. The third-order valence-electron chi connectivity index (χ3n) is 7.93. The summed E-state index contributed by atoms with van der Waals surface area (Å²) in [6.45, 7) is 10.5. The molecule has 0 radical (unpaired) electrons. The first-order valence-corrected chi connectivity index (χ1v) is 16.3. The maximum atomic E-state index is 14.2. The van der Waals surface area contributed by atoms with E-state index in [-0.39, 0.29) is 46.8 Å². The first-order chi connectivity index (χ1) is 20.9. The monoisotopic (exact) mass is 615 g/mol. The summed E-state index contributed by atoms with van der Waals surface area (Å²) in [5, 5.41) is 4.25. The quantitative estimate of drug-likeness (QED) is 0.278. The number of carbonyl (C=O) groups excluding carboxylic acids is 1. The van der Waals surface area contributed by atoms with Gasteiger partial charge in [-0.25, -0.2) is 18.1 Å². The fraction of sp³-hybridized carbons (Fsp3) is 0.394. The maximum absolute atomic E-state index is 14.2. The molecule has 1 aliphatic heterocycles. The van der Waals surface area contributed by atoms with Gasteiger partial charge in [-0.05, 0) is 67.9 Å². The second kappa shape index (κ2) is 11.4. The smallest absolute Gasteiger partial charge is 0.264 e. The van der Waals surface area contributed by atoms with Crippen molar-refractivity contribution in [1.82, 2.24) is 20.0 Å². The number of nitrogens with zero attached hydrogens (tertiary/aromatic N) is 4. The van der Waals surface area contributed by atoms with Crippen LogP contribution in [0.25, 0.3) is 11.3 Å². The Hall–Kier alpha value is -4.25. The number of benzene rings is 2. The first-order valence-electron chi connectivity index (χ1n) is 14.8. The highest BCUT2D eigenvalue weighted by atomic mass is 32.2. The lowest BCUT2D eigenvalue weighted by molar-refractivity contribution is 0.0486. The van der Waals surface area contributed by atoms with Crippen LogP contribution in [0.15, 0.2) is 64.0 Å². The summed E-state index contributed by atoms with van der Waals surface area (Å²) >= 11 is 0. The van der Waals surface area contributed by atoms with Crippen molar-refractivity contribution in [2.24, 2.45) is 5.41 Å². The van der Waals surface area contributed by atoms with Crippen LogP contribution in [0.1, 0.15) is 78.9 Å². The minimum Gasteiger partial charge on any atom is -0.475 e. The number of rotatable bonds is 5. The summed E-state index contributed by atoms with van der Waals surface area (Å²) in [5.74, 6) is 0.713. The van der Waals surface area contributed by atoms with Gasteiger partial charge in [0.1, 0.15) is 6.61 Å². The minimum absolute atomic E-state index is 0.0749. The van der Waals surface area contributed by atoms with E-state index < -0.39 is 16.1 Å². The molecule has 1 atom stereocenters. The lowest BCUT2D eigenvalue weighted by Gasteiger charge is -2.35. The Morgan fingerprint density at radius 1 is 1.00 bits per heavy atom. The largest absolute Gasteiger partial charge is 0.475 e. The van der Waals surface area contributed by atoms with Crippen LogP contribution < -0.4 is 9.46 Å². The van der Waals surface area contributed by atoms with Crippen molar-refractivity contribution in [2.75, 3.05) is 11.3 Å². The Morgan fingerprint density at radius 3 is 2.43 bits per heavy atom. The number of carbonyl (C=O) groups is 1. The van der Waals surface area contributed by atoms with Crippen molar-refractivity contribution < 1.29 is 22.5 Å². The van der Waals surface area contributed by atoms with Gasteiger partial charge in [-0.2, -0.15) is 4.98 Å². The van der Waals surface area contributed by atoms with Crippen LogP contribution in [-0.4, -0.2) is 47.0 Å². The Labute approximate surface area is 257 Å². The van der Waals surface area contributed by atoms with Crippen LogP contribution in [0.5, 0.6) is 5.88 Å². The van der Waals surface area contributed by atoms with Crippen molar-refractivity contribution in [1.29, 1.82) is 0 Å². The second-order valence-corrected chi connectivity index (χ2v) is 14.7. The third-order valence-corrected chi connectivity index (χ3v) is 9.25.